The predicted molar refractivity (Wildman–Crippen MR) is 120 cm³/mol. The molecule has 156 valence electrons. The molecule has 1 amide bonds. The maximum atomic E-state index is 12.3. The van der Waals surface area contributed by atoms with Crippen LogP contribution >= 0.6 is 46.6 Å². The summed E-state index contributed by atoms with van der Waals surface area (Å²) in [4.78, 5) is 12.3. The number of carbonyl (C=O) groups is 1. The highest BCUT2D eigenvalue weighted by Crippen LogP contribution is 2.39. The lowest BCUT2D eigenvalue weighted by Gasteiger charge is -2.11. The molecule has 0 aliphatic heterocycles. The van der Waals surface area contributed by atoms with Crippen molar-refractivity contribution in [3.63, 3.8) is 0 Å². The minimum Gasteiger partial charge on any atom is -0.484 e. The van der Waals surface area contributed by atoms with Crippen molar-refractivity contribution >= 4 is 58.2 Å². The smallest absolute Gasteiger partial charge is 0.234 e. The van der Waals surface area contributed by atoms with Crippen LogP contribution < -0.4 is 10.1 Å². The molecule has 0 saturated heterocycles. The molecule has 1 aliphatic carbocycles. The van der Waals surface area contributed by atoms with Gasteiger partial charge in [-0.25, -0.2) is 0 Å². The molecule has 4 rings (SSSR count). The third-order valence-corrected chi connectivity index (χ3v) is 6.37. The van der Waals surface area contributed by atoms with Crippen molar-refractivity contribution in [3.8, 4) is 5.75 Å². The molecular formula is C20H17Cl3N4O2S. The summed E-state index contributed by atoms with van der Waals surface area (Å²) in [6.07, 6.45) is 2.11. The molecule has 0 atom stereocenters. The summed E-state index contributed by atoms with van der Waals surface area (Å²) < 4.78 is 7.86. The fraction of sp³-hybridized carbons (Fsp3) is 0.250. The van der Waals surface area contributed by atoms with Gasteiger partial charge in [0.1, 0.15) is 12.4 Å². The van der Waals surface area contributed by atoms with E-state index in [0.29, 0.717) is 43.5 Å². The van der Waals surface area contributed by atoms with E-state index in [2.05, 4.69) is 15.5 Å². The number of para-hydroxylation sites is 1. The van der Waals surface area contributed by atoms with Gasteiger partial charge < -0.3 is 10.1 Å². The van der Waals surface area contributed by atoms with Crippen molar-refractivity contribution in [2.24, 2.45) is 0 Å². The molecule has 1 saturated carbocycles. The zero-order valence-electron chi connectivity index (χ0n) is 15.6. The highest BCUT2D eigenvalue weighted by Gasteiger charge is 2.30. The van der Waals surface area contributed by atoms with Gasteiger partial charge in [0, 0.05) is 11.7 Å². The number of rotatable bonds is 8. The Balaban J connectivity index is 1.39. The third kappa shape index (κ3) is 5.21. The standard InChI is InChI=1S/C20H17Cl3N4O2S/c21-14-8-5-12(9-16(14)23)24-19(28)11-30-20-26-25-18(27(20)13-6-7-13)10-29-17-4-2-1-3-15(17)22/h1-5,8-9,13H,6-7,10-11H2,(H,24,28). The molecule has 10 heteroatoms. The van der Waals surface area contributed by atoms with E-state index < -0.39 is 0 Å². The Morgan fingerprint density at radius 1 is 1.10 bits per heavy atom. The second-order valence-corrected chi connectivity index (χ2v) is 8.85. The van der Waals surface area contributed by atoms with Crippen LogP contribution in [0.5, 0.6) is 5.75 Å². The molecule has 2 aromatic carbocycles. The average Bonchev–Trinajstić information content (AvgIpc) is 3.48. The minimum absolute atomic E-state index is 0.169. The van der Waals surface area contributed by atoms with E-state index in [-0.39, 0.29) is 18.3 Å². The second-order valence-electron chi connectivity index (χ2n) is 6.68. The SMILES string of the molecule is O=C(CSc1nnc(COc2ccccc2Cl)n1C1CC1)Nc1ccc(Cl)c(Cl)c1. The Hall–Kier alpha value is -1.93. The van der Waals surface area contributed by atoms with Crippen LogP contribution in [0.1, 0.15) is 24.7 Å². The van der Waals surface area contributed by atoms with Gasteiger partial charge in [0.15, 0.2) is 11.0 Å². The second kappa shape index (κ2) is 9.47. The van der Waals surface area contributed by atoms with Crippen LogP contribution in [0, 0.1) is 0 Å². The summed E-state index contributed by atoms with van der Waals surface area (Å²) in [6.45, 7) is 0.253. The van der Waals surface area contributed by atoms with Gasteiger partial charge >= 0.3 is 0 Å². The molecule has 1 aromatic heterocycles. The third-order valence-electron chi connectivity index (χ3n) is 4.38. The maximum Gasteiger partial charge on any atom is 0.234 e. The molecular weight excluding hydrogens is 467 g/mol. The summed E-state index contributed by atoms with van der Waals surface area (Å²) >= 11 is 19.4. The van der Waals surface area contributed by atoms with Gasteiger partial charge in [-0.2, -0.15) is 0 Å². The fourth-order valence-electron chi connectivity index (χ4n) is 2.81. The van der Waals surface area contributed by atoms with Gasteiger partial charge in [-0.15, -0.1) is 10.2 Å². The molecule has 6 nitrogen and oxygen atoms in total. The largest absolute Gasteiger partial charge is 0.484 e. The first-order chi connectivity index (χ1) is 14.5. The Morgan fingerprint density at radius 2 is 1.90 bits per heavy atom. The zero-order chi connectivity index (χ0) is 21.1. The van der Waals surface area contributed by atoms with Crippen molar-refractivity contribution in [1.29, 1.82) is 0 Å². The molecule has 1 aliphatic rings. The van der Waals surface area contributed by atoms with Gasteiger partial charge in [-0.1, -0.05) is 58.7 Å². The molecule has 1 fully saturated rings. The molecule has 3 aromatic rings. The van der Waals surface area contributed by atoms with Crippen molar-refractivity contribution in [1.82, 2.24) is 14.8 Å². The number of hydrogen-bond acceptors (Lipinski definition) is 5. The molecule has 0 unspecified atom stereocenters. The van der Waals surface area contributed by atoms with E-state index in [1.807, 2.05) is 22.8 Å². The summed E-state index contributed by atoms with van der Waals surface area (Å²) in [5.41, 5.74) is 0.590. The summed E-state index contributed by atoms with van der Waals surface area (Å²) in [7, 11) is 0. The van der Waals surface area contributed by atoms with Crippen LogP contribution in [-0.2, 0) is 11.4 Å². The maximum absolute atomic E-state index is 12.3. The molecule has 0 spiro atoms. The number of hydrogen-bond donors (Lipinski definition) is 1. The quantitative estimate of drug-likeness (QED) is 0.405. The van der Waals surface area contributed by atoms with Gasteiger partial charge in [0.2, 0.25) is 5.91 Å². The Morgan fingerprint density at radius 3 is 2.63 bits per heavy atom. The Kier molecular flexibility index (Phi) is 6.73. The van der Waals surface area contributed by atoms with Gasteiger partial charge in [-0.3, -0.25) is 9.36 Å². The molecule has 1 N–H and O–H groups in total. The number of benzene rings is 2. The summed E-state index contributed by atoms with van der Waals surface area (Å²) in [5.74, 6) is 1.33. The number of carbonyl (C=O) groups excluding carboxylic acids is 1. The number of amides is 1. The monoisotopic (exact) mass is 482 g/mol. The van der Waals surface area contributed by atoms with E-state index in [4.69, 9.17) is 39.5 Å². The van der Waals surface area contributed by atoms with Crippen LogP contribution in [0.3, 0.4) is 0 Å². The first-order valence-corrected chi connectivity index (χ1v) is 11.3. The molecule has 1 heterocycles. The molecule has 0 radical (unpaired) electrons. The summed E-state index contributed by atoms with van der Waals surface area (Å²) in [5, 5.41) is 13.4. The van der Waals surface area contributed by atoms with Crippen LogP contribution in [0.15, 0.2) is 47.6 Å². The lowest BCUT2D eigenvalue weighted by molar-refractivity contribution is -0.113. The van der Waals surface area contributed by atoms with Gasteiger partial charge in [0.25, 0.3) is 0 Å². The highest BCUT2D eigenvalue weighted by atomic mass is 35.5. The summed E-state index contributed by atoms with van der Waals surface area (Å²) in [6, 6.07) is 12.6. The number of ether oxygens (including phenoxy) is 1. The number of nitrogens with one attached hydrogen (secondary N) is 1. The topological polar surface area (TPSA) is 69.0 Å². The van der Waals surface area contributed by atoms with E-state index in [9.17, 15) is 4.79 Å². The Bertz CT molecular complexity index is 1070. The lowest BCUT2D eigenvalue weighted by atomic mass is 10.3. The van der Waals surface area contributed by atoms with Crippen LogP contribution in [0.2, 0.25) is 15.1 Å². The highest BCUT2D eigenvalue weighted by molar-refractivity contribution is 7.99. The van der Waals surface area contributed by atoms with Crippen LogP contribution in [-0.4, -0.2) is 26.4 Å². The number of halogens is 3. The lowest BCUT2D eigenvalue weighted by Crippen LogP contribution is -2.15. The van der Waals surface area contributed by atoms with Crippen LogP contribution in [0.4, 0.5) is 5.69 Å². The van der Waals surface area contributed by atoms with E-state index in [0.717, 1.165) is 12.8 Å². The number of anilines is 1. The number of thioether (sulfide) groups is 1. The fourth-order valence-corrected chi connectivity index (χ4v) is 4.12. The van der Waals surface area contributed by atoms with Crippen molar-refractivity contribution in [2.75, 3.05) is 11.1 Å². The molecule has 30 heavy (non-hydrogen) atoms. The van der Waals surface area contributed by atoms with Gasteiger partial charge in [0.05, 0.1) is 20.8 Å². The normalized spacial score (nSPS) is 13.3. The van der Waals surface area contributed by atoms with E-state index in [1.54, 1.807) is 24.3 Å². The first-order valence-electron chi connectivity index (χ1n) is 9.20. The van der Waals surface area contributed by atoms with Gasteiger partial charge in [-0.05, 0) is 43.2 Å². The van der Waals surface area contributed by atoms with Crippen molar-refractivity contribution < 1.29 is 9.53 Å². The van der Waals surface area contributed by atoms with E-state index in [1.165, 1.54) is 11.8 Å². The first kappa shape index (κ1) is 21.3. The number of nitrogens with zero attached hydrogens (tertiary/aromatic N) is 3. The van der Waals surface area contributed by atoms with Crippen molar-refractivity contribution in [2.45, 2.75) is 30.6 Å². The minimum atomic E-state index is -0.169. The molecule has 0 bridgehead atoms. The Labute approximate surface area is 192 Å². The average molecular weight is 484 g/mol. The predicted octanol–water partition coefficient (Wildman–Crippen LogP) is 5.88. The van der Waals surface area contributed by atoms with Crippen molar-refractivity contribution in [3.05, 3.63) is 63.4 Å². The van der Waals surface area contributed by atoms with E-state index >= 15 is 0 Å². The number of aromatic nitrogens is 3. The van der Waals surface area contributed by atoms with Crippen LogP contribution in [0.25, 0.3) is 0 Å². The zero-order valence-corrected chi connectivity index (χ0v) is 18.7.